The lowest BCUT2D eigenvalue weighted by atomic mass is 9.79. The van der Waals surface area contributed by atoms with Crippen molar-refractivity contribution in [2.24, 2.45) is 23.7 Å². The number of rotatable bonds is 5. The molecular formula is C16H23NO3. The maximum absolute atomic E-state index is 12.7. The van der Waals surface area contributed by atoms with Crippen LogP contribution >= 0.6 is 0 Å². The topological polar surface area (TPSA) is 46.6 Å². The lowest BCUT2D eigenvalue weighted by molar-refractivity contribution is -0.134. The van der Waals surface area contributed by atoms with Crippen molar-refractivity contribution >= 4 is 12.0 Å². The van der Waals surface area contributed by atoms with Crippen LogP contribution in [0.1, 0.15) is 39.0 Å². The molecule has 2 unspecified atom stereocenters. The van der Waals surface area contributed by atoms with Crippen LogP contribution in [0.3, 0.4) is 0 Å². The number of hydrogen-bond acceptors (Lipinski definition) is 3. The Morgan fingerprint density at radius 1 is 1.35 bits per heavy atom. The summed E-state index contributed by atoms with van der Waals surface area (Å²) in [5.41, 5.74) is 0. The molecular weight excluding hydrogens is 254 g/mol. The standard InChI is InChI=1S/C16H23NO3/c1-2-3-4-5-13-11-6-7-12(10-11)14(13)15(18)17-8-9-20-16(17)19/h6-7,11-14H,2-5,8-10H2,1H3/t11-,12+,13?,14?/m0/s1. The average Bonchev–Trinajstić information content (AvgIpc) is 3.13. The normalized spacial score (nSPS) is 34.9. The van der Waals surface area contributed by atoms with Gasteiger partial charge in [-0.25, -0.2) is 9.69 Å². The molecule has 0 N–H and O–H groups in total. The van der Waals surface area contributed by atoms with E-state index in [2.05, 4.69) is 19.1 Å². The Hall–Kier alpha value is -1.32. The third-order valence-corrected chi connectivity index (χ3v) is 5.08. The number of unbranched alkanes of at least 4 members (excludes halogenated alkanes) is 2. The molecule has 4 atom stereocenters. The highest BCUT2D eigenvalue weighted by Gasteiger charge is 2.50. The van der Waals surface area contributed by atoms with Crippen molar-refractivity contribution in [1.29, 1.82) is 0 Å². The fraction of sp³-hybridized carbons (Fsp3) is 0.750. The maximum Gasteiger partial charge on any atom is 0.416 e. The highest BCUT2D eigenvalue weighted by atomic mass is 16.6. The van der Waals surface area contributed by atoms with Crippen molar-refractivity contribution in [3.8, 4) is 0 Å². The zero-order chi connectivity index (χ0) is 14.1. The van der Waals surface area contributed by atoms with Crippen molar-refractivity contribution in [2.45, 2.75) is 39.0 Å². The molecule has 1 saturated carbocycles. The molecule has 1 heterocycles. The average molecular weight is 277 g/mol. The van der Waals surface area contributed by atoms with Gasteiger partial charge in [0, 0.05) is 5.92 Å². The van der Waals surface area contributed by atoms with E-state index in [-0.39, 0.29) is 11.8 Å². The number of carbonyl (C=O) groups excluding carboxylic acids is 2. The van der Waals surface area contributed by atoms with Gasteiger partial charge in [0.05, 0.1) is 6.54 Å². The van der Waals surface area contributed by atoms with E-state index in [1.165, 1.54) is 24.2 Å². The van der Waals surface area contributed by atoms with Gasteiger partial charge in [-0.1, -0.05) is 38.3 Å². The second kappa shape index (κ2) is 5.58. The first-order chi connectivity index (χ1) is 9.72. The third-order valence-electron chi connectivity index (χ3n) is 5.08. The minimum Gasteiger partial charge on any atom is -0.447 e. The molecule has 2 amide bonds. The smallest absolute Gasteiger partial charge is 0.416 e. The fourth-order valence-corrected chi connectivity index (χ4v) is 4.09. The molecule has 0 radical (unpaired) electrons. The number of carbonyl (C=O) groups is 2. The molecule has 0 aromatic carbocycles. The Bertz CT molecular complexity index is 431. The van der Waals surface area contributed by atoms with Gasteiger partial charge in [0.25, 0.3) is 0 Å². The summed E-state index contributed by atoms with van der Waals surface area (Å²) >= 11 is 0. The van der Waals surface area contributed by atoms with Crippen LogP contribution in [0.5, 0.6) is 0 Å². The van der Waals surface area contributed by atoms with Crippen molar-refractivity contribution < 1.29 is 14.3 Å². The first-order valence-corrected chi connectivity index (χ1v) is 7.89. The molecule has 2 fully saturated rings. The van der Waals surface area contributed by atoms with Gasteiger partial charge in [-0.2, -0.15) is 0 Å². The van der Waals surface area contributed by atoms with Crippen LogP contribution < -0.4 is 0 Å². The van der Waals surface area contributed by atoms with Gasteiger partial charge >= 0.3 is 6.09 Å². The van der Waals surface area contributed by atoms with Crippen LogP contribution in [0.2, 0.25) is 0 Å². The van der Waals surface area contributed by atoms with Gasteiger partial charge in [0.2, 0.25) is 5.91 Å². The zero-order valence-electron chi connectivity index (χ0n) is 12.1. The molecule has 110 valence electrons. The van der Waals surface area contributed by atoms with Crippen LogP contribution in [-0.4, -0.2) is 30.1 Å². The summed E-state index contributed by atoms with van der Waals surface area (Å²) in [5, 5.41) is 0. The maximum atomic E-state index is 12.7. The predicted octanol–water partition coefficient (Wildman–Crippen LogP) is 2.98. The summed E-state index contributed by atoms with van der Waals surface area (Å²) in [6.07, 6.45) is 9.84. The molecule has 3 aliphatic rings. The fourth-order valence-electron chi connectivity index (χ4n) is 4.09. The van der Waals surface area contributed by atoms with Crippen LogP contribution in [0.4, 0.5) is 4.79 Å². The molecule has 0 aromatic rings. The molecule has 4 heteroatoms. The first kappa shape index (κ1) is 13.7. The van der Waals surface area contributed by atoms with E-state index < -0.39 is 6.09 Å². The van der Waals surface area contributed by atoms with E-state index in [0.717, 1.165) is 12.8 Å². The van der Waals surface area contributed by atoms with Gasteiger partial charge in [0.1, 0.15) is 6.61 Å². The summed E-state index contributed by atoms with van der Waals surface area (Å²) in [6, 6.07) is 0. The molecule has 3 rings (SSSR count). The second-order valence-electron chi connectivity index (χ2n) is 6.24. The SMILES string of the molecule is CCCCCC1C(C(=O)N2CCOC2=O)[C@@H]2C=C[C@H]1C2. The third kappa shape index (κ3) is 2.25. The summed E-state index contributed by atoms with van der Waals surface area (Å²) in [4.78, 5) is 25.6. The Balaban J connectivity index is 1.71. The van der Waals surface area contributed by atoms with Gasteiger partial charge < -0.3 is 4.74 Å². The molecule has 0 spiro atoms. The highest BCUT2D eigenvalue weighted by Crippen LogP contribution is 2.50. The van der Waals surface area contributed by atoms with E-state index in [0.29, 0.717) is 30.9 Å². The van der Waals surface area contributed by atoms with Crippen LogP contribution in [0.25, 0.3) is 0 Å². The monoisotopic (exact) mass is 277 g/mol. The van der Waals surface area contributed by atoms with E-state index >= 15 is 0 Å². The number of hydrogen-bond donors (Lipinski definition) is 0. The van der Waals surface area contributed by atoms with E-state index in [4.69, 9.17) is 4.74 Å². The molecule has 1 saturated heterocycles. The zero-order valence-corrected chi connectivity index (χ0v) is 12.1. The van der Waals surface area contributed by atoms with Gasteiger partial charge in [-0.15, -0.1) is 0 Å². The van der Waals surface area contributed by atoms with Gasteiger partial charge in [-0.05, 0) is 30.6 Å². The van der Waals surface area contributed by atoms with Gasteiger partial charge in [-0.3, -0.25) is 4.79 Å². The summed E-state index contributed by atoms with van der Waals surface area (Å²) < 4.78 is 4.91. The number of cyclic esters (lactones) is 1. The van der Waals surface area contributed by atoms with E-state index in [1.54, 1.807) is 0 Å². The summed E-state index contributed by atoms with van der Waals surface area (Å²) in [5.74, 6) is 1.33. The van der Waals surface area contributed by atoms with Crippen LogP contribution in [0.15, 0.2) is 12.2 Å². The van der Waals surface area contributed by atoms with E-state index in [9.17, 15) is 9.59 Å². The Morgan fingerprint density at radius 2 is 2.15 bits per heavy atom. The minimum atomic E-state index is -0.450. The van der Waals surface area contributed by atoms with Crippen molar-refractivity contribution in [3.63, 3.8) is 0 Å². The molecule has 2 bridgehead atoms. The minimum absolute atomic E-state index is 0.00542. The van der Waals surface area contributed by atoms with Crippen LogP contribution in [-0.2, 0) is 9.53 Å². The number of allylic oxidation sites excluding steroid dienone is 2. The summed E-state index contributed by atoms with van der Waals surface area (Å²) in [7, 11) is 0. The number of ether oxygens (including phenoxy) is 1. The number of imide groups is 1. The first-order valence-electron chi connectivity index (χ1n) is 7.89. The second-order valence-corrected chi connectivity index (χ2v) is 6.24. The Labute approximate surface area is 120 Å². The molecule has 0 aromatic heterocycles. The highest BCUT2D eigenvalue weighted by molar-refractivity contribution is 5.95. The number of fused-ring (bicyclic) bond motifs is 2. The van der Waals surface area contributed by atoms with Gasteiger partial charge in [0.15, 0.2) is 0 Å². The van der Waals surface area contributed by atoms with E-state index in [1.807, 2.05) is 0 Å². The molecule has 1 aliphatic heterocycles. The molecule has 20 heavy (non-hydrogen) atoms. The molecule has 2 aliphatic carbocycles. The van der Waals surface area contributed by atoms with Crippen molar-refractivity contribution in [1.82, 2.24) is 4.90 Å². The lowest BCUT2D eigenvalue weighted by Crippen LogP contribution is -2.41. The van der Waals surface area contributed by atoms with Crippen molar-refractivity contribution in [2.75, 3.05) is 13.2 Å². The quantitative estimate of drug-likeness (QED) is 0.573. The Kier molecular flexibility index (Phi) is 3.81. The molecule has 4 nitrogen and oxygen atoms in total. The number of amides is 2. The van der Waals surface area contributed by atoms with Crippen molar-refractivity contribution in [3.05, 3.63) is 12.2 Å². The lowest BCUT2D eigenvalue weighted by Gasteiger charge is -2.29. The van der Waals surface area contributed by atoms with Crippen LogP contribution in [0, 0.1) is 23.7 Å². The summed E-state index contributed by atoms with van der Waals surface area (Å²) in [6.45, 7) is 2.97. The largest absolute Gasteiger partial charge is 0.447 e. The number of nitrogens with zero attached hydrogens (tertiary/aromatic N) is 1. The Morgan fingerprint density at radius 3 is 2.85 bits per heavy atom. The predicted molar refractivity (Wildman–Crippen MR) is 74.9 cm³/mol.